The van der Waals surface area contributed by atoms with Gasteiger partial charge in [0.05, 0.1) is 26.0 Å². The van der Waals surface area contributed by atoms with Gasteiger partial charge in [0, 0.05) is 0 Å². The molecular formula is C11H16NO3. The van der Waals surface area contributed by atoms with Crippen LogP contribution in [0.5, 0.6) is 17.2 Å². The summed E-state index contributed by atoms with van der Waals surface area (Å²) in [6, 6.07) is 0. The molecule has 0 aliphatic carbocycles. The van der Waals surface area contributed by atoms with E-state index in [0.717, 1.165) is 0 Å². The molecule has 0 aliphatic heterocycles. The highest BCUT2D eigenvalue weighted by Gasteiger charge is 2.12. The Morgan fingerprint density at radius 2 is 1.73 bits per heavy atom. The zero-order valence-corrected chi connectivity index (χ0v) is 9.37. The lowest BCUT2D eigenvalue weighted by Gasteiger charge is -2.13. The van der Waals surface area contributed by atoms with Gasteiger partial charge in [-0.05, 0) is 20.8 Å². The number of ether oxygens (including phenoxy) is 3. The summed E-state index contributed by atoms with van der Waals surface area (Å²) in [6.07, 6.45) is 4.32. The van der Waals surface area contributed by atoms with Crippen LogP contribution in [-0.2, 0) is 0 Å². The van der Waals surface area contributed by atoms with Gasteiger partial charge in [-0.2, -0.15) is 0 Å². The first-order valence-corrected chi connectivity index (χ1v) is 5.12. The van der Waals surface area contributed by atoms with Gasteiger partial charge >= 0.3 is 0 Å². The minimum absolute atomic E-state index is 0.505. The molecule has 0 bridgehead atoms. The molecule has 4 heteroatoms. The van der Waals surface area contributed by atoms with Crippen molar-refractivity contribution >= 4 is 0 Å². The minimum Gasteiger partial charge on any atom is -0.488 e. The van der Waals surface area contributed by atoms with E-state index in [2.05, 4.69) is 11.2 Å². The van der Waals surface area contributed by atoms with Crippen molar-refractivity contribution in [3.05, 3.63) is 12.4 Å². The van der Waals surface area contributed by atoms with Crippen LogP contribution in [0, 0.1) is 6.20 Å². The lowest BCUT2D eigenvalue weighted by Crippen LogP contribution is -2.03. The summed E-state index contributed by atoms with van der Waals surface area (Å²) in [4.78, 5) is 3.91. The van der Waals surface area contributed by atoms with Crippen molar-refractivity contribution in [1.29, 1.82) is 0 Å². The minimum atomic E-state index is 0.505. The van der Waals surface area contributed by atoms with Gasteiger partial charge in [0.15, 0.2) is 11.5 Å². The van der Waals surface area contributed by atoms with Crippen LogP contribution in [0.1, 0.15) is 20.8 Å². The predicted molar refractivity (Wildman–Crippen MR) is 56.6 cm³/mol. The van der Waals surface area contributed by atoms with Gasteiger partial charge in [0.25, 0.3) is 0 Å². The molecule has 1 aromatic rings. The van der Waals surface area contributed by atoms with E-state index >= 15 is 0 Å². The zero-order chi connectivity index (χ0) is 11.1. The second-order valence-corrected chi connectivity index (χ2v) is 2.69. The third kappa shape index (κ3) is 3.01. The maximum absolute atomic E-state index is 5.45. The van der Waals surface area contributed by atoms with E-state index < -0.39 is 0 Å². The first-order valence-electron chi connectivity index (χ1n) is 5.12. The molecule has 1 heterocycles. The Labute approximate surface area is 90.2 Å². The van der Waals surface area contributed by atoms with Crippen LogP contribution in [0.15, 0.2) is 6.20 Å². The van der Waals surface area contributed by atoms with Gasteiger partial charge in [-0.1, -0.05) is 0 Å². The number of aromatic nitrogens is 1. The van der Waals surface area contributed by atoms with Crippen molar-refractivity contribution in [2.75, 3.05) is 19.8 Å². The molecule has 1 rings (SSSR count). The molecule has 0 unspecified atom stereocenters. The second-order valence-electron chi connectivity index (χ2n) is 2.69. The summed E-state index contributed by atoms with van der Waals surface area (Å²) in [5.41, 5.74) is 0. The second kappa shape index (κ2) is 6.11. The Kier molecular flexibility index (Phi) is 4.74. The SMILES string of the molecule is CCOc1[c]ncc(OCC)c1OCC. The number of nitrogens with zero attached hydrogens (tertiary/aromatic N) is 1. The fourth-order valence-electron chi connectivity index (χ4n) is 1.15. The monoisotopic (exact) mass is 210 g/mol. The van der Waals surface area contributed by atoms with E-state index in [4.69, 9.17) is 14.2 Å². The lowest BCUT2D eigenvalue weighted by atomic mass is 10.4. The molecule has 4 nitrogen and oxygen atoms in total. The van der Waals surface area contributed by atoms with Crippen molar-refractivity contribution in [1.82, 2.24) is 4.98 Å². The van der Waals surface area contributed by atoms with Crippen molar-refractivity contribution in [3.63, 3.8) is 0 Å². The molecule has 15 heavy (non-hydrogen) atoms. The van der Waals surface area contributed by atoms with E-state index in [9.17, 15) is 0 Å². The van der Waals surface area contributed by atoms with Gasteiger partial charge in [-0.3, -0.25) is 0 Å². The van der Waals surface area contributed by atoms with E-state index in [-0.39, 0.29) is 0 Å². The Morgan fingerprint density at radius 3 is 2.33 bits per heavy atom. The largest absolute Gasteiger partial charge is 0.488 e. The standard InChI is InChI=1S/C11H16NO3/c1-4-13-9-7-12-8-10(14-5-2)11(9)15-6-3/h7H,4-6H2,1-3H3. The maximum atomic E-state index is 5.45. The van der Waals surface area contributed by atoms with Crippen molar-refractivity contribution in [3.8, 4) is 17.2 Å². The Balaban J connectivity index is 2.97. The Hall–Kier alpha value is -1.45. The van der Waals surface area contributed by atoms with Gasteiger partial charge in [0.2, 0.25) is 5.75 Å². The van der Waals surface area contributed by atoms with Crippen molar-refractivity contribution in [2.24, 2.45) is 0 Å². The average molecular weight is 210 g/mol. The molecular weight excluding hydrogens is 194 g/mol. The van der Waals surface area contributed by atoms with Gasteiger partial charge < -0.3 is 14.2 Å². The average Bonchev–Trinajstić information content (AvgIpc) is 2.23. The first kappa shape index (κ1) is 11.6. The maximum Gasteiger partial charge on any atom is 0.207 e. The predicted octanol–water partition coefficient (Wildman–Crippen LogP) is 2.08. The van der Waals surface area contributed by atoms with Crippen molar-refractivity contribution < 1.29 is 14.2 Å². The number of rotatable bonds is 6. The summed E-state index contributed by atoms with van der Waals surface area (Å²) in [7, 11) is 0. The molecule has 0 aliphatic rings. The molecule has 1 radical (unpaired) electrons. The van der Waals surface area contributed by atoms with Crippen LogP contribution in [0.25, 0.3) is 0 Å². The number of hydrogen-bond donors (Lipinski definition) is 0. The third-order valence-corrected chi connectivity index (χ3v) is 1.66. The molecule has 0 spiro atoms. The fourth-order valence-corrected chi connectivity index (χ4v) is 1.15. The quantitative estimate of drug-likeness (QED) is 0.720. The topological polar surface area (TPSA) is 40.6 Å². The first-order chi connectivity index (χ1) is 7.33. The van der Waals surface area contributed by atoms with Crippen LogP contribution >= 0.6 is 0 Å². The zero-order valence-electron chi connectivity index (χ0n) is 9.37. The third-order valence-electron chi connectivity index (χ3n) is 1.66. The molecule has 83 valence electrons. The lowest BCUT2D eigenvalue weighted by molar-refractivity contribution is 0.258. The van der Waals surface area contributed by atoms with Crippen LogP contribution in [-0.4, -0.2) is 24.8 Å². The summed E-state index contributed by atoms with van der Waals surface area (Å²) in [5.74, 6) is 1.68. The molecule has 0 amide bonds. The van der Waals surface area contributed by atoms with Gasteiger partial charge in [-0.15, -0.1) is 0 Å². The van der Waals surface area contributed by atoms with Gasteiger partial charge in [-0.25, -0.2) is 4.98 Å². The molecule has 0 N–H and O–H groups in total. The van der Waals surface area contributed by atoms with Crippen LogP contribution < -0.4 is 14.2 Å². The normalized spacial score (nSPS) is 9.80. The summed E-state index contributed by atoms with van der Waals surface area (Å²) in [6.45, 7) is 7.39. The van der Waals surface area contributed by atoms with Gasteiger partial charge in [0.1, 0.15) is 6.20 Å². The highest BCUT2D eigenvalue weighted by molar-refractivity contribution is 5.47. The van der Waals surface area contributed by atoms with Crippen LogP contribution in [0.3, 0.4) is 0 Å². The number of hydrogen-bond acceptors (Lipinski definition) is 4. The van der Waals surface area contributed by atoms with E-state index in [1.807, 2.05) is 20.8 Å². The summed E-state index contributed by atoms with van der Waals surface area (Å²) >= 11 is 0. The molecule has 0 fully saturated rings. The Morgan fingerprint density at radius 1 is 1.07 bits per heavy atom. The van der Waals surface area contributed by atoms with Crippen LogP contribution in [0.4, 0.5) is 0 Å². The molecule has 0 atom stereocenters. The highest BCUT2D eigenvalue weighted by Crippen LogP contribution is 2.35. The van der Waals surface area contributed by atoms with Crippen molar-refractivity contribution in [2.45, 2.75) is 20.8 Å². The summed E-state index contributed by atoms with van der Waals surface area (Å²) in [5, 5.41) is 0. The Bertz CT molecular complexity index is 278. The van der Waals surface area contributed by atoms with E-state index in [0.29, 0.717) is 37.1 Å². The number of pyridine rings is 1. The summed E-state index contributed by atoms with van der Waals surface area (Å²) < 4.78 is 16.2. The van der Waals surface area contributed by atoms with Crippen LogP contribution in [0.2, 0.25) is 0 Å². The fraction of sp³-hybridized carbons (Fsp3) is 0.545. The molecule has 0 saturated heterocycles. The highest BCUT2D eigenvalue weighted by atomic mass is 16.5. The molecule has 0 saturated carbocycles. The molecule has 0 aromatic carbocycles. The van der Waals surface area contributed by atoms with E-state index in [1.54, 1.807) is 6.20 Å². The molecule has 1 aromatic heterocycles. The smallest absolute Gasteiger partial charge is 0.207 e. The van der Waals surface area contributed by atoms with E-state index in [1.165, 1.54) is 0 Å².